The zero-order chi connectivity index (χ0) is 9.14. The van der Waals surface area contributed by atoms with Crippen molar-refractivity contribution in [2.45, 2.75) is 24.6 Å². The fourth-order valence-corrected chi connectivity index (χ4v) is 1.95. The molecule has 1 aliphatic heterocycles. The van der Waals surface area contributed by atoms with Crippen LogP contribution in [-0.2, 0) is 13.8 Å². The van der Waals surface area contributed by atoms with Gasteiger partial charge in [0, 0.05) is 6.00 Å². The van der Waals surface area contributed by atoms with Crippen molar-refractivity contribution in [3.05, 3.63) is 0 Å². The van der Waals surface area contributed by atoms with Gasteiger partial charge in [-0.25, -0.2) is 0 Å². The van der Waals surface area contributed by atoms with E-state index in [1.54, 1.807) is 0 Å². The van der Waals surface area contributed by atoms with E-state index in [-0.39, 0.29) is 6.61 Å². The molecule has 0 saturated carbocycles. The third-order valence-electron chi connectivity index (χ3n) is 1.63. The quantitative estimate of drug-likeness (QED) is 0.395. The highest BCUT2D eigenvalue weighted by molar-refractivity contribution is 8.39. The summed E-state index contributed by atoms with van der Waals surface area (Å²) in [6, 6.07) is -0.449. The molecule has 1 saturated heterocycles. The Morgan fingerprint density at radius 2 is 2.50 bits per heavy atom. The van der Waals surface area contributed by atoms with Gasteiger partial charge in [0.2, 0.25) is 0 Å². The summed E-state index contributed by atoms with van der Waals surface area (Å²) in [6.07, 6.45) is -0.454. The molecule has 1 fully saturated rings. The first-order valence-corrected chi connectivity index (χ1v) is 5.81. The molecule has 1 rings (SSSR count). The number of thiol groups is 1. The third-order valence-corrected chi connectivity index (χ3v) is 2.37. The van der Waals surface area contributed by atoms with Crippen molar-refractivity contribution in [2.24, 2.45) is 0 Å². The highest BCUT2D eigenvalue weighted by Crippen LogP contribution is 2.34. The van der Waals surface area contributed by atoms with E-state index in [1.165, 1.54) is 0 Å². The molecule has 0 bridgehead atoms. The molecule has 4 atom stereocenters. The maximum Gasteiger partial charge on any atom is 0.582 e. The minimum Gasteiger partial charge on any atom is -0.394 e. The number of rotatable bonds is 3. The van der Waals surface area contributed by atoms with Crippen LogP contribution in [0.25, 0.3) is 0 Å². The lowest BCUT2D eigenvalue weighted by Crippen LogP contribution is -2.25. The van der Waals surface area contributed by atoms with Gasteiger partial charge in [-0.3, -0.25) is 0 Å². The standard InChI is InChI=1S/C5H8BO4PS/c6-5-1-3(10-11(8)12)4(2-7)9-5/h3-5,7H,1-2H2/p+1/t3?,4-,5-/m1/s1. The minimum atomic E-state index is -1.97. The Labute approximate surface area is 78.1 Å². The van der Waals surface area contributed by atoms with Gasteiger partial charge >= 0.3 is 7.23 Å². The molecule has 1 aliphatic rings. The number of hydrogen-bond donors (Lipinski definition) is 2. The van der Waals surface area contributed by atoms with E-state index in [0.717, 1.165) is 0 Å². The second-order valence-corrected chi connectivity index (χ2v) is 4.18. The Hall–Kier alpha value is 0.395. The molecule has 0 aliphatic carbocycles. The number of aliphatic hydroxyl groups is 1. The summed E-state index contributed by atoms with van der Waals surface area (Å²) < 4.78 is 20.5. The SMILES string of the molecule is [B][C@H]1CC(O[P+](=O)S)[C@@H](CO)O1. The first kappa shape index (κ1) is 10.5. The van der Waals surface area contributed by atoms with E-state index < -0.39 is 25.4 Å². The second-order valence-electron chi connectivity index (χ2n) is 2.51. The first-order chi connectivity index (χ1) is 5.63. The van der Waals surface area contributed by atoms with Gasteiger partial charge in [-0.05, 0) is 11.0 Å². The van der Waals surface area contributed by atoms with Crippen LogP contribution in [0, 0.1) is 0 Å². The van der Waals surface area contributed by atoms with Gasteiger partial charge in [-0.15, -0.1) is 4.52 Å². The monoisotopic (exact) mass is 207 g/mol. The fourth-order valence-electron chi connectivity index (χ4n) is 1.14. The van der Waals surface area contributed by atoms with Gasteiger partial charge in [0.05, 0.1) is 6.61 Å². The Bertz CT molecular complexity index is 181. The third kappa shape index (κ3) is 2.71. The maximum atomic E-state index is 10.6. The molecule has 0 spiro atoms. The lowest BCUT2D eigenvalue weighted by molar-refractivity contribution is 0.00647. The smallest absolute Gasteiger partial charge is 0.394 e. The van der Waals surface area contributed by atoms with Gasteiger partial charge in [0.25, 0.3) is 0 Å². The molecule has 0 aromatic heterocycles. The normalized spacial score (nSPS) is 36.8. The van der Waals surface area contributed by atoms with Crippen molar-refractivity contribution >= 4 is 27.3 Å². The van der Waals surface area contributed by atoms with E-state index in [9.17, 15) is 4.57 Å². The van der Waals surface area contributed by atoms with Crippen LogP contribution in [-0.4, -0.2) is 37.8 Å². The van der Waals surface area contributed by atoms with Gasteiger partial charge < -0.3 is 9.84 Å². The van der Waals surface area contributed by atoms with E-state index in [0.29, 0.717) is 6.42 Å². The average Bonchev–Trinajstić information content (AvgIpc) is 2.29. The van der Waals surface area contributed by atoms with Crippen LogP contribution in [0.3, 0.4) is 0 Å². The first-order valence-electron chi connectivity index (χ1n) is 3.48. The van der Waals surface area contributed by atoms with Crippen LogP contribution in [0.15, 0.2) is 0 Å². The summed E-state index contributed by atoms with van der Waals surface area (Å²) in [5, 5.41) is 8.79. The average molecular weight is 207 g/mol. The number of hydrogen-bond acceptors (Lipinski definition) is 4. The Kier molecular flexibility index (Phi) is 4.00. The zero-order valence-electron chi connectivity index (χ0n) is 6.29. The molecular formula is C5H9BO4PS+. The summed E-state index contributed by atoms with van der Waals surface area (Å²) >= 11 is 3.59. The summed E-state index contributed by atoms with van der Waals surface area (Å²) in [7, 11) is 3.47. The molecule has 2 radical (unpaired) electrons. The molecule has 12 heavy (non-hydrogen) atoms. The van der Waals surface area contributed by atoms with Crippen molar-refractivity contribution in [2.75, 3.05) is 6.61 Å². The van der Waals surface area contributed by atoms with Crippen molar-refractivity contribution < 1.29 is 18.9 Å². The molecule has 4 nitrogen and oxygen atoms in total. The summed E-state index contributed by atoms with van der Waals surface area (Å²) in [4.78, 5) is 0. The van der Waals surface area contributed by atoms with Gasteiger partial charge in [-0.1, -0.05) is 0 Å². The molecule has 2 unspecified atom stereocenters. The number of aliphatic hydroxyl groups excluding tert-OH is 1. The zero-order valence-corrected chi connectivity index (χ0v) is 8.08. The van der Waals surface area contributed by atoms with Gasteiger partial charge in [0.1, 0.15) is 32.3 Å². The van der Waals surface area contributed by atoms with E-state index >= 15 is 0 Å². The van der Waals surface area contributed by atoms with E-state index in [4.69, 9.17) is 22.2 Å². The molecule has 7 heteroatoms. The molecular weight excluding hydrogens is 198 g/mol. The summed E-state index contributed by atoms with van der Waals surface area (Å²) in [5.74, 6) is 0. The fraction of sp³-hybridized carbons (Fsp3) is 1.00. The predicted molar refractivity (Wildman–Crippen MR) is 47.6 cm³/mol. The van der Waals surface area contributed by atoms with E-state index in [2.05, 4.69) is 12.2 Å². The minimum absolute atomic E-state index is 0.185. The predicted octanol–water partition coefficient (Wildman–Crippen LogP) is 0.235. The van der Waals surface area contributed by atoms with Crippen LogP contribution >= 0.6 is 19.5 Å². The Morgan fingerprint density at radius 1 is 1.83 bits per heavy atom. The number of ether oxygens (including phenoxy) is 1. The summed E-state index contributed by atoms with van der Waals surface area (Å²) in [5.41, 5.74) is 0. The van der Waals surface area contributed by atoms with Crippen LogP contribution in [0.2, 0.25) is 0 Å². The topological polar surface area (TPSA) is 55.8 Å². The molecule has 1 heterocycles. The lowest BCUT2D eigenvalue weighted by Gasteiger charge is -2.09. The van der Waals surface area contributed by atoms with Crippen molar-refractivity contribution in [3.63, 3.8) is 0 Å². The van der Waals surface area contributed by atoms with Crippen LogP contribution < -0.4 is 0 Å². The van der Waals surface area contributed by atoms with Crippen molar-refractivity contribution in [3.8, 4) is 0 Å². The molecule has 0 aromatic carbocycles. The molecule has 1 N–H and O–H groups in total. The molecule has 0 aromatic rings. The van der Waals surface area contributed by atoms with E-state index in [1.807, 2.05) is 0 Å². The highest BCUT2D eigenvalue weighted by atomic mass is 32.7. The Balaban J connectivity index is 2.46. The van der Waals surface area contributed by atoms with Crippen LogP contribution in [0.5, 0.6) is 0 Å². The van der Waals surface area contributed by atoms with Gasteiger partial charge in [0.15, 0.2) is 0 Å². The van der Waals surface area contributed by atoms with Gasteiger partial charge in [-0.2, -0.15) is 0 Å². The highest BCUT2D eigenvalue weighted by Gasteiger charge is 2.38. The maximum absolute atomic E-state index is 10.6. The largest absolute Gasteiger partial charge is 0.582 e. The van der Waals surface area contributed by atoms with Crippen molar-refractivity contribution in [1.82, 2.24) is 0 Å². The summed E-state index contributed by atoms with van der Waals surface area (Å²) in [6.45, 7) is -0.185. The molecule has 0 amide bonds. The second kappa shape index (κ2) is 4.58. The van der Waals surface area contributed by atoms with Crippen LogP contribution in [0.1, 0.15) is 6.42 Å². The Morgan fingerprint density at radius 3 is 3.00 bits per heavy atom. The lowest BCUT2D eigenvalue weighted by atomic mass is 9.96. The van der Waals surface area contributed by atoms with Crippen LogP contribution in [0.4, 0.5) is 0 Å². The van der Waals surface area contributed by atoms with Crippen molar-refractivity contribution in [1.29, 1.82) is 0 Å². The molecule has 66 valence electrons.